The molecule has 1 heterocycles. The Labute approximate surface area is 113 Å². The number of nitrogens with two attached hydrogens (primary N) is 1. The van der Waals surface area contributed by atoms with Crippen LogP contribution in [0.25, 0.3) is 10.9 Å². The number of nitrogens with one attached hydrogen (secondary N) is 1. The van der Waals surface area contributed by atoms with Crippen LogP contribution in [0.1, 0.15) is 19.4 Å². The van der Waals surface area contributed by atoms with Gasteiger partial charge in [-0.1, -0.05) is 32.0 Å². The van der Waals surface area contributed by atoms with Crippen LogP contribution < -0.4 is 11.1 Å². The van der Waals surface area contributed by atoms with E-state index in [2.05, 4.69) is 35.1 Å². The number of primary amides is 1. The third-order valence-corrected chi connectivity index (χ3v) is 3.39. The first kappa shape index (κ1) is 13.6. The summed E-state index contributed by atoms with van der Waals surface area (Å²) in [5, 5.41) is 4.58. The number of benzene rings is 1. The Morgan fingerprint density at radius 3 is 2.84 bits per heavy atom. The molecule has 4 nitrogen and oxygen atoms in total. The molecule has 1 unspecified atom stereocenters. The van der Waals surface area contributed by atoms with Crippen LogP contribution in [0.4, 0.5) is 0 Å². The second-order valence-corrected chi connectivity index (χ2v) is 4.91. The van der Waals surface area contributed by atoms with E-state index in [0.717, 1.165) is 18.6 Å². The van der Waals surface area contributed by atoms with Gasteiger partial charge in [-0.2, -0.15) is 0 Å². The van der Waals surface area contributed by atoms with Crippen LogP contribution in [-0.4, -0.2) is 17.0 Å². The van der Waals surface area contributed by atoms with Crippen molar-refractivity contribution in [2.45, 2.75) is 26.9 Å². The van der Waals surface area contributed by atoms with Crippen molar-refractivity contribution in [3.63, 3.8) is 0 Å². The molecule has 1 amide bonds. The minimum absolute atomic E-state index is 0.164. The standard InChI is InChI=1S/C15H21N3O/c1-3-17-8-12-10-18(9-11(2)15(16)19)14-7-5-4-6-13(12)14/h4-7,10-11,17H,3,8-9H2,1-2H3,(H2,16,19). The summed E-state index contributed by atoms with van der Waals surface area (Å²) in [6, 6.07) is 8.26. The summed E-state index contributed by atoms with van der Waals surface area (Å²) in [4.78, 5) is 11.2. The van der Waals surface area contributed by atoms with Crippen LogP contribution in [0.3, 0.4) is 0 Å². The van der Waals surface area contributed by atoms with E-state index in [9.17, 15) is 4.79 Å². The van der Waals surface area contributed by atoms with Gasteiger partial charge in [-0.15, -0.1) is 0 Å². The number of carbonyl (C=O) groups is 1. The molecule has 0 aliphatic rings. The number of hydrogen-bond donors (Lipinski definition) is 2. The Morgan fingerprint density at radius 1 is 1.42 bits per heavy atom. The van der Waals surface area contributed by atoms with E-state index in [1.807, 2.05) is 19.1 Å². The highest BCUT2D eigenvalue weighted by Gasteiger charge is 2.13. The highest BCUT2D eigenvalue weighted by atomic mass is 16.1. The lowest BCUT2D eigenvalue weighted by molar-refractivity contribution is -0.121. The third kappa shape index (κ3) is 2.96. The fraction of sp³-hybridized carbons (Fsp3) is 0.400. The molecule has 1 aromatic carbocycles. The van der Waals surface area contributed by atoms with Gasteiger partial charge in [0, 0.05) is 30.2 Å². The molecule has 0 saturated heterocycles. The van der Waals surface area contributed by atoms with Crippen LogP contribution in [-0.2, 0) is 17.9 Å². The van der Waals surface area contributed by atoms with Gasteiger partial charge in [0.25, 0.3) is 0 Å². The number of aromatic nitrogens is 1. The Hall–Kier alpha value is -1.81. The Morgan fingerprint density at radius 2 is 2.16 bits per heavy atom. The van der Waals surface area contributed by atoms with E-state index >= 15 is 0 Å². The first-order chi connectivity index (χ1) is 9.13. The van der Waals surface area contributed by atoms with Gasteiger partial charge in [0.2, 0.25) is 5.91 Å². The molecular weight excluding hydrogens is 238 g/mol. The van der Waals surface area contributed by atoms with Crippen molar-refractivity contribution >= 4 is 16.8 Å². The monoisotopic (exact) mass is 259 g/mol. The summed E-state index contributed by atoms with van der Waals surface area (Å²) in [5.41, 5.74) is 7.76. The molecule has 0 aliphatic heterocycles. The maximum Gasteiger partial charge on any atom is 0.222 e. The van der Waals surface area contributed by atoms with Gasteiger partial charge in [0.15, 0.2) is 0 Å². The SMILES string of the molecule is CCNCc1cn(CC(C)C(N)=O)c2ccccc12. The normalized spacial score (nSPS) is 12.7. The lowest BCUT2D eigenvalue weighted by atomic mass is 10.1. The molecule has 0 aliphatic carbocycles. The quantitative estimate of drug-likeness (QED) is 0.832. The number of carbonyl (C=O) groups excluding carboxylic acids is 1. The molecule has 2 rings (SSSR count). The molecule has 0 fully saturated rings. The molecule has 4 heteroatoms. The van der Waals surface area contributed by atoms with Crippen LogP contribution in [0.15, 0.2) is 30.5 Å². The van der Waals surface area contributed by atoms with Crippen molar-refractivity contribution in [3.8, 4) is 0 Å². The van der Waals surface area contributed by atoms with Gasteiger partial charge in [-0.05, 0) is 18.2 Å². The molecule has 1 atom stereocenters. The zero-order valence-electron chi connectivity index (χ0n) is 11.5. The summed E-state index contributed by atoms with van der Waals surface area (Å²) >= 11 is 0. The van der Waals surface area contributed by atoms with Crippen molar-refractivity contribution in [2.24, 2.45) is 11.7 Å². The minimum atomic E-state index is -0.258. The van der Waals surface area contributed by atoms with Gasteiger partial charge in [-0.3, -0.25) is 4.79 Å². The van der Waals surface area contributed by atoms with E-state index in [-0.39, 0.29) is 11.8 Å². The number of hydrogen-bond acceptors (Lipinski definition) is 2. The number of para-hydroxylation sites is 1. The Kier molecular flexibility index (Phi) is 4.22. The number of amides is 1. The maximum atomic E-state index is 11.2. The van der Waals surface area contributed by atoms with Gasteiger partial charge in [0.1, 0.15) is 0 Å². The van der Waals surface area contributed by atoms with Crippen LogP contribution in [0.5, 0.6) is 0 Å². The van der Waals surface area contributed by atoms with Crippen molar-refractivity contribution in [1.29, 1.82) is 0 Å². The van der Waals surface area contributed by atoms with E-state index < -0.39 is 0 Å². The molecule has 0 radical (unpaired) electrons. The van der Waals surface area contributed by atoms with Crippen molar-refractivity contribution in [3.05, 3.63) is 36.0 Å². The number of nitrogens with zero attached hydrogens (tertiary/aromatic N) is 1. The number of fused-ring (bicyclic) bond motifs is 1. The molecule has 2 aromatic rings. The summed E-state index contributed by atoms with van der Waals surface area (Å²) in [6.45, 7) is 6.36. The lowest BCUT2D eigenvalue weighted by Crippen LogP contribution is -2.24. The maximum absolute atomic E-state index is 11.2. The molecule has 0 bridgehead atoms. The summed E-state index contributed by atoms with van der Waals surface area (Å²) in [6.07, 6.45) is 2.12. The second kappa shape index (κ2) is 5.89. The Bertz CT molecular complexity index is 574. The summed E-state index contributed by atoms with van der Waals surface area (Å²) in [7, 11) is 0. The molecule has 19 heavy (non-hydrogen) atoms. The molecular formula is C15H21N3O. The van der Waals surface area contributed by atoms with Crippen molar-refractivity contribution < 1.29 is 4.79 Å². The van der Waals surface area contributed by atoms with Crippen LogP contribution in [0.2, 0.25) is 0 Å². The first-order valence-electron chi connectivity index (χ1n) is 6.70. The van der Waals surface area contributed by atoms with Crippen molar-refractivity contribution in [2.75, 3.05) is 6.54 Å². The number of rotatable bonds is 6. The fourth-order valence-electron chi connectivity index (χ4n) is 2.26. The Balaban J connectivity index is 2.35. The van der Waals surface area contributed by atoms with Gasteiger partial charge >= 0.3 is 0 Å². The molecule has 0 saturated carbocycles. The van der Waals surface area contributed by atoms with Gasteiger partial charge in [-0.25, -0.2) is 0 Å². The predicted octanol–water partition coefficient (Wildman–Crippen LogP) is 1.87. The van der Waals surface area contributed by atoms with E-state index in [0.29, 0.717) is 6.54 Å². The van der Waals surface area contributed by atoms with Crippen LogP contribution >= 0.6 is 0 Å². The summed E-state index contributed by atoms with van der Waals surface area (Å²) in [5.74, 6) is -0.422. The predicted molar refractivity (Wildman–Crippen MR) is 77.7 cm³/mol. The average Bonchev–Trinajstić information content (AvgIpc) is 2.75. The zero-order valence-corrected chi connectivity index (χ0v) is 11.5. The first-order valence-corrected chi connectivity index (χ1v) is 6.70. The van der Waals surface area contributed by atoms with E-state index in [1.54, 1.807) is 0 Å². The van der Waals surface area contributed by atoms with Gasteiger partial charge in [0.05, 0.1) is 5.92 Å². The lowest BCUT2D eigenvalue weighted by Gasteiger charge is -2.09. The highest BCUT2D eigenvalue weighted by molar-refractivity contribution is 5.84. The largest absolute Gasteiger partial charge is 0.369 e. The zero-order chi connectivity index (χ0) is 13.8. The third-order valence-electron chi connectivity index (χ3n) is 3.39. The second-order valence-electron chi connectivity index (χ2n) is 4.91. The van der Waals surface area contributed by atoms with Crippen LogP contribution in [0, 0.1) is 5.92 Å². The molecule has 3 N–H and O–H groups in total. The van der Waals surface area contributed by atoms with Gasteiger partial charge < -0.3 is 15.6 Å². The fourth-order valence-corrected chi connectivity index (χ4v) is 2.26. The topological polar surface area (TPSA) is 60.1 Å². The molecule has 0 spiro atoms. The average molecular weight is 259 g/mol. The van der Waals surface area contributed by atoms with E-state index in [4.69, 9.17) is 5.73 Å². The highest BCUT2D eigenvalue weighted by Crippen LogP contribution is 2.22. The smallest absolute Gasteiger partial charge is 0.222 e. The summed E-state index contributed by atoms with van der Waals surface area (Å²) < 4.78 is 2.12. The molecule has 102 valence electrons. The minimum Gasteiger partial charge on any atom is -0.369 e. The van der Waals surface area contributed by atoms with E-state index in [1.165, 1.54) is 10.9 Å². The van der Waals surface area contributed by atoms with Crippen molar-refractivity contribution in [1.82, 2.24) is 9.88 Å². The molecule has 1 aromatic heterocycles.